The normalized spacial score (nSPS) is 11.2. The van der Waals surface area contributed by atoms with Crippen molar-refractivity contribution in [3.63, 3.8) is 0 Å². The molecular weight excluding hydrogens is 370 g/mol. The van der Waals surface area contributed by atoms with Gasteiger partial charge in [-0.1, -0.05) is 36.5 Å². The molecule has 6 nitrogen and oxygen atoms in total. The van der Waals surface area contributed by atoms with Gasteiger partial charge in [-0.3, -0.25) is 0 Å². The highest BCUT2D eigenvalue weighted by Gasteiger charge is 2.12. The summed E-state index contributed by atoms with van der Waals surface area (Å²) in [6.45, 7) is 2.06. The van der Waals surface area contributed by atoms with Crippen molar-refractivity contribution in [3.05, 3.63) is 71.4 Å². The van der Waals surface area contributed by atoms with Gasteiger partial charge in [0.05, 0.1) is 12.8 Å². The lowest BCUT2D eigenvalue weighted by atomic mass is 10.1. The fourth-order valence-electron chi connectivity index (χ4n) is 2.73. The number of aromatic nitrogens is 4. The highest BCUT2D eigenvalue weighted by atomic mass is 32.1. The van der Waals surface area contributed by atoms with Crippen LogP contribution in [0.15, 0.2) is 65.8 Å². The summed E-state index contributed by atoms with van der Waals surface area (Å²) in [5.41, 5.74) is 3.72. The van der Waals surface area contributed by atoms with E-state index in [2.05, 4.69) is 22.1 Å². The first kappa shape index (κ1) is 18.1. The van der Waals surface area contributed by atoms with Gasteiger partial charge in [-0.2, -0.15) is 5.10 Å². The monoisotopic (exact) mass is 389 g/mol. The first-order chi connectivity index (χ1) is 13.8. The fourth-order valence-corrected chi connectivity index (χ4v) is 3.36. The molecule has 0 saturated carbocycles. The maximum atomic E-state index is 5.26. The van der Waals surface area contributed by atoms with Gasteiger partial charge in [0.2, 0.25) is 5.13 Å². The van der Waals surface area contributed by atoms with Crippen LogP contribution in [0.5, 0.6) is 5.75 Å². The van der Waals surface area contributed by atoms with Crippen LogP contribution in [0.25, 0.3) is 16.9 Å². The Bertz CT molecular complexity index is 1080. The Morgan fingerprint density at radius 1 is 1.07 bits per heavy atom. The van der Waals surface area contributed by atoms with Crippen LogP contribution in [0.4, 0.5) is 5.13 Å². The summed E-state index contributed by atoms with van der Waals surface area (Å²) in [5.74, 6) is 0.808. The minimum absolute atomic E-state index is 0.644. The molecule has 0 saturated heterocycles. The summed E-state index contributed by atoms with van der Waals surface area (Å²) < 4.78 is 7.12. The Kier molecular flexibility index (Phi) is 5.25. The number of methoxy groups -OCH3 is 1. The summed E-state index contributed by atoms with van der Waals surface area (Å²) in [6, 6.07) is 17.8. The van der Waals surface area contributed by atoms with Gasteiger partial charge < -0.3 is 4.74 Å². The van der Waals surface area contributed by atoms with Crippen LogP contribution in [0.2, 0.25) is 0 Å². The third kappa shape index (κ3) is 3.84. The molecule has 0 aliphatic heterocycles. The molecule has 2 heterocycles. The molecule has 0 spiro atoms. The topological polar surface area (TPSA) is 65.2 Å². The summed E-state index contributed by atoms with van der Waals surface area (Å²) in [4.78, 5) is 4.51. The van der Waals surface area contributed by atoms with Gasteiger partial charge in [0, 0.05) is 23.5 Å². The van der Waals surface area contributed by atoms with Crippen molar-refractivity contribution < 1.29 is 4.74 Å². The molecule has 4 rings (SSSR count). The molecule has 0 fully saturated rings. The van der Waals surface area contributed by atoms with Gasteiger partial charge in [0.1, 0.15) is 16.5 Å². The third-order valence-electron chi connectivity index (χ3n) is 4.20. The smallest absolute Gasteiger partial charge is 0.231 e. The Morgan fingerprint density at radius 3 is 2.54 bits per heavy atom. The number of hydrogen-bond acceptors (Lipinski definition) is 6. The van der Waals surface area contributed by atoms with Crippen molar-refractivity contribution in [1.29, 1.82) is 0 Å². The van der Waals surface area contributed by atoms with E-state index in [9.17, 15) is 0 Å². The molecular formula is C21H19N5OS. The zero-order valence-electron chi connectivity index (χ0n) is 15.6. The lowest BCUT2D eigenvalue weighted by Gasteiger charge is -2.02. The Morgan fingerprint density at radius 2 is 1.86 bits per heavy atom. The number of hydrogen-bond donors (Lipinski definition) is 0. The van der Waals surface area contributed by atoms with Crippen molar-refractivity contribution >= 4 is 22.7 Å². The van der Waals surface area contributed by atoms with E-state index in [1.54, 1.807) is 13.3 Å². The van der Waals surface area contributed by atoms with E-state index < -0.39 is 0 Å². The first-order valence-electron chi connectivity index (χ1n) is 8.93. The van der Waals surface area contributed by atoms with Crippen LogP contribution in [0.3, 0.4) is 0 Å². The van der Waals surface area contributed by atoms with Crippen molar-refractivity contribution in [3.8, 4) is 22.7 Å². The van der Waals surface area contributed by atoms with Gasteiger partial charge in [0.25, 0.3) is 0 Å². The molecule has 140 valence electrons. The van der Waals surface area contributed by atoms with Crippen LogP contribution in [0, 0.1) is 0 Å². The number of rotatable bonds is 6. The summed E-state index contributed by atoms with van der Waals surface area (Å²) in [6.07, 6.45) is 4.63. The van der Waals surface area contributed by atoms with E-state index in [4.69, 9.17) is 9.84 Å². The van der Waals surface area contributed by atoms with Crippen molar-refractivity contribution in [1.82, 2.24) is 20.0 Å². The highest BCUT2D eigenvalue weighted by molar-refractivity contribution is 7.14. The molecule has 0 aliphatic carbocycles. The van der Waals surface area contributed by atoms with Gasteiger partial charge in [-0.05, 0) is 42.8 Å². The molecule has 0 N–H and O–H groups in total. The number of nitrogens with zero attached hydrogens (tertiary/aromatic N) is 5. The zero-order valence-corrected chi connectivity index (χ0v) is 16.4. The molecule has 0 aliphatic rings. The van der Waals surface area contributed by atoms with Gasteiger partial charge in [0.15, 0.2) is 0 Å². The van der Waals surface area contributed by atoms with E-state index >= 15 is 0 Å². The SMILES string of the molecule is CCc1nnc(/N=C/c2cn(-c3ccccc3)nc2-c2ccc(OC)cc2)s1. The molecule has 28 heavy (non-hydrogen) atoms. The third-order valence-corrected chi connectivity index (χ3v) is 5.18. The largest absolute Gasteiger partial charge is 0.497 e. The van der Waals surface area contributed by atoms with E-state index in [0.717, 1.165) is 39.7 Å². The molecule has 0 bridgehead atoms. The maximum absolute atomic E-state index is 5.26. The van der Waals surface area contributed by atoms with Gasteiger partial charge in [-0.15, -0.1) is 10.2 Å². The van der Waals surface area contributed by atoms with Crippen LogP contribution >= 0.6 is 11.3 Å². The number of ether oxygens (including phenoxy) is 1. The number of para-hydroxylation sites is 1. The molecule has 0 unspecified atom stereocenters. The average Bonchev–Trinajstić information content (AvgIpc) is 3.40. The predicted molar refractivity (Wildman–Crippen MR) is 112 cm³/mol. The Balaban J connectivity index is 1.74. The Hall–Kier alpha value is -3.32. The zero-order chi connectivity index (χ0) is 19.3. The molecule has 7 heteroatoms. The first-order valence-corrected chi connectivity index (χ1v) is 9.74. The average molecular weight is 389 g/mol. The predicted octanol–water partition coefficient (Wildman–Crippen LogP) is 4.71. The standard InChI is InChI=1S/C21H19N5OS/c1-3-19-23-24-21(28-19)22-13-16-14-26(17-7-5-4-6-8-17)25-20(16)15-9-11-18(27-2)12-10-15/h4-14H,3H2,1-2H3/b22-13+. The van der Waals surface area contributed by atoms with Crippen LogP contribution in [0.1, 0.15) is 17.5 Å². The second kappa shape index (κ2) is 8.14. The van der Waals surface area contributed by atoms with Crippen molar-refractivity contribution in [2.75, 3.05) is 7.11 Å². The second-order valence-corrected chi connectivity index (χ2v) is 7.07. The minimum atomic E-state index is 0.644. The van der Waals surface area contributed by atoms with E-state index in [1.807, 2.05) is 65.5 Å². The van der Waals surface area contributed by atoms with Gasteiger partial charge in [-0.25, -0.2) is 9.67 Å². The summed E-state index contributed by atoms with van der Waals surface area (Å²) >= 11 is 1.50. The van der Waals surface area contributed by atoms with E-state index in [-0.39, 0.29) is 0 Å². The number of benzene rings is 2. The Labute approximate surface area is 167 Å². The van der Waals surface area contributed by atoms with Crippen molar-refractivity contribution in [2.24, 2.45) is 4.99 Å². The van der Waals surface area contributed by atoms with Gasteiger partial charge >= 0.3 is 0 Å². The lowest BCUT2D eigenvalue weighted by molar-refractivity contribution is 0.415. The quantitative estimate of drug-likeness (QED) is 0.448. The van der Waals surface area contributed by atoms with Crippen LogP contribution < -0.4 is 4.74 Å². The summed E-state index contributed by atoms with van der Waals surface area (Å²) in [5, 5.41) is 14.6. The fraction of sp³-hybridized carbons (Fsp3) is 0.143. The molecule has 2 aromatic carbocycles. The maximum Gasteiger partial charge on any atom is 0.231 e. The number of aryl methyl sites for hydroxylation is 1. The lowest BCUT2D eigenvalue weighted by Crippen LogP contribution is -1.94. The molecule has 4 aromatic rings. The summed E-state index contributed by atoms with van der Waals surface area (Å²) in [7, 11) is 1.66. The van der Waals surface area contributed by atoms with Crippen LogP contribution in [-0.2, 0) is 6.42 Å². The minimum Gasteiger partial charge on any atom is -0.497 e. The number of aliphatic imine (C=N–C) groups is 1. The molecule has 0 atom stereocenters. The van der Waals surface area contributed by atoms with Crippen LogP contribution in [-0.4, -0.2) is 33.3 Å². The highest BCUT2D eigenvalue weighted by Crippen LogP contribution is 2.26. The second-order valence-electron chi connectivity index (χ2n) is 6.03. The molecule has 2 aromatic heterocycles. The van der Waals surface area contributed by atoms with E-state index in [1.165, 1.54) is 11.3 Å². The van der Waals surface area contributed by atoms with Crippen molar-refractivity contribution in [2.45, 2.75) is 13.3 Å². The molecule has 0 radical (unpaired) electrons. The van der Waals surface area contributed by atoms with E-state index in [0.29, 0.717) is 5.13 Å². The molecule has 0 amide bonds.